The van der Waals surface area contributed by atoms with Crippen LogP contribution in [0.5, 0.6) is 5.75 Å². The molecule has 1 aromatic carbocycles. The van der Waals surface area contributed by atoms with Gasteiger partial charge in [0.05, 0.1) is 5.69 Å². The van der Waals surface area contributed by atoms with Crippen molar-refractivity contribution in [1.82, 2.24) is 5.43 Å². The maximum atomic E-state index is 10.8. The standard InChI is InChI=1S/C10H10N2O4/c1-2-9(14)12-11-6-3-4-7(10(15)16)8(13)5-6/h2-5,11,13H,1H2,(H,12,14)(H,15,16). The maximum absolute atomic E-state index is 10.8. The minimum atomic E-state index is -1.22. The highest BCUT2D eigenvalue weighted by atomic mass is 16.4. The number of carboxylic acid groups (broad SMARTS) is 1. The van der Waals surface area contributed by atoms with Crippen LogP contribution in [0.3, 0.4) is 0 Å². The highest BCUT2D eigenvalue weighted by Gasteiger charge is 2.09. The van der Waals surface area contributed by atoms with Gasteiger partial charge in [0.2, 0.25) is 0 Å². The van der Waals surface area contributed by atoms with Crippen LogP contribution >= 0.6 is 0 Å². The fourth-order valence-corrected chi connectivity index (χ4v) is 0.975. The molecule has 0 fully saturated rings. The van der Waals surface area contributed by atoms with Gasteiger partial charge in [-0.15, -0.1) is 0 Å². The first-order valence-corrected chi connectivity index (χ1v) is 4.29. The molecule has 0 aliphatic heterocycles. The summed E-state index contributed by atoms with van der Waals surface area (Å²) in [6.45, 7) is 3.25. The largest absolute Gasteiger partial charge is 0.507 e. The molecular formula is C10H10N2O4. The van der Waals surface area contributed by atoms with Gasteiger partial charge >= 0.3 is 5.97 Å². The van der Waals surface area contributed by atoms with Crippen LogP contribution in [0.2, 0.25) is 0 Å². The molecule has 0 aliphatic rings. The molecule has 0 bridgehead atoms. The topological polar surface area (TPSA) is 98.7 Å². The lowest BCUT2D eigenvalue weighted by molar-refractivity contribution is -0.116. The Morgan fingerprint density at radius 3 is 2.56 bits per heavy atom. The zero-order chi connectivity index (χ0) is 12.1. The second kappa shape index (κ2) is 4.83. The maximum Gasteiger partial charge on any atom is 0.339 e. The van der Waals surface area contributed by atoms with Gasteiger partial charge in [-0.2, -0.15) is 0 Å². The number of benzene rings is 1. The van der Waals surface area contributed by atoms with Gasteiger partial charge < -0.3 is 10.2 Å². The van der Waals surface area contributed by atoms with E-state index >= 15 is 0 Å². The van der Waals surface area contributed by atoms with Crippen LogP contribution in [0.4, 0.5) is 5.69 Å². The molecular weight excluding hydrogens is 212 g/mol. The molecule has 16 heavy (non-hydrogen) atoms. The molecule has 4 N–H and O–H groups in total. The summed E-state index contributed by atoms with van der Waals surface area (Å²) in [5.41, 5.74) is 4.89. The molecule has 6 heteroatoms. The van der Waals surface area contributed by atoms with Gasteiger partial charge in [0.1, 0.15) is 11.3 Å². The number of phenols is 1. The number of hydrogen-bond acceptors (Lipinski definition) is 4. The minimum Gasteiger partial charge on any atom is -0.507 e. The summed E-state index contributed by atoms with van der Waals surface area (Å²) in [5, 5.41) is 18.0. The lowest BCUT2D eigenvalue weighted by Crippen LogP contribution is -2.27. The Hall–Kier alpha value is -2.50. The van der Waals surface area contributed by atoms with Crippen molar-refractivity contribution in [2.75, 3.05) is 5.43 Å². The summed E-state index contributed by atoms with van der Waals surface area (Å²) in [7, 11) is 0. The van der Waals surface area contributed by atoms with Crippen LogP contribution in [-0.4, -0.2) is 22.1 Å². The van der Waals surface area contributed by atoms with E-state index in [0.29, 0.717) is 5.69 Å². The number of carbonyl (C=O) groups is 2. The van der Waals surface area contributed by atoms with Crippen molar-refractivity contribution < 1.29 is 19.8 Å². The first-order chi connectivity index (χ1) is 7.54. The fourth-order valence-electron chi connectivity index (χ4n) is 0.975. The molecule has 6 nitrogen and oxygen atoms in total. The first kappa shape index (κ1) is 11.6. The molecule has 0 unspecified atom stereocenters. The van der Waals surface area contributed by atoms with Crippen molar-refractivity contribution in [2.24, 2.45) is 0 Å². The van der Waals surface area contributed by atoms with Crippen molar-refractivity contribution in [1.29, 1.82) is 0 Å². The number of rotatable bonds is 4. The fraction of sp³-hybridized carbons (Fsp3) is 0. The van der Waals surface area contributed by atoms with Gasteiger partial charge in [-0.25, -0.2) is 4.79 Å². The van der Waals surface area contributed by atoms with Crippen LogP contribution in [-0.2, 0) is 4.79 Å². The van der Waals surface area contributed by atoms with Gasteiger partial charge in [0.15, 0.2) is 0 Å². The van der Waals surface area contributed by atoms with E-state index in [1.807, 2.05) is 0 Å². The number of aromatic hydroxyl groups is 1. The molecule has 0 aliphatic carbocycles. The van der Waals surface area contributed by atoms with E-state index in [9.17, 15) is 14.7 Å². The summed E-state index contributed by atoms with van der Waals surface area (Å²) in [6, 6.07) is 3.82. The first-order valence-electron chi connectivity index (χ1n) is 4.29. The molecule has 1 aromatic rings. The molecule has 0 aromatic heterocycles. The van der Waals surface area contributed by atoms with Crippen LogP contribution in [0.25, 0.3) is 0 Å². The monoisotopic (exact) mass is 222 g/mol. The number of hydrazine groups is 1. The van der Waals surface area contributed by atoms with Crippen LogP contribution in [0.15, 0.2) is 30.9 Å². The van der Waals surface area contributed by atoms with E-state index in [0.717, 1.165) is 6.08 Å². The number of aromatic carboxylic acids is 1. The van der Waals surface area contributed by atoms with Gasteiger partial charge in [-0.3, -0.25) is 15.6 Å². The molecule has 0 heterocycles. The van der Waals surface area contributed by atoms with E-state index in [2.05, 4.69) is 17.4 Å². The van der Waals surface area contributed by atoms with Crippen molar-refractivity contribution in [3.05, 3.63) is 36.4 Å². The average Bonchev–Trinajstić information content (AvgIpc) is 2.25. The minimum absolute atomic E-state index is 0.208. The second-order valence-electron chi connectivity index (χ2n) is 2.86. The molecule has 0 saturated carbocycles. The molecule has 1 amide bonds. The lowest BCUT2D eigenvalue weighted by atomic mass is 10.2. The number of amides is 1. The zero-order valence-corrected chi connectivity index (χ0v) is 8.23. The highest BCUT2D eigenvalue weighted by molar-refractivity contribution is 5.91. The molecule has 0 saturated heterocycles. The Morgan fingerprint density at radius 1 is 1.38 bits per heavy atom. The predicted octanol–water partition coefficient (Wildman–Crippen LogP) is 0.720. The Labute approximate surface area is 91.2 Å². The van der Waals surface area contributed by atoms with Crippen molar-refractivity contribution in [3.63, 3.8) is 0 Å². The molecule has 0 spiro atoms. The third-order valence-corrected chi connectivity index (χ3v) is 1.74. The van der Waals surface area contributed by atoms with Crippen molar-refractivity contribution in [3.8, 4) is 5.75 Å². The SMILES string of the molecule is C=CC(=O)NNc1ccc(C(=O)O)c(O)c1. The summed E-state index contributed by atoms with van der Waals surface area (Å²) in [6.07, 6.45) is 1.07. The molecule has 1 rings (SSSR count). The zero-order valence-electron chi connectivity index (χ0n) is 8.23. The summed E-state index contributed by atoms with van der Waals surface area (Å²) < 4.78 is 0. The summed E-state index contributed by atoms with van der Waals surface area (Å²) >= 11 is 0. The lowest BCUT2D eigenvalue weighted by Gasteiger charge is -2.07. The number of hydrogen-bond donors (Lipinski definition) is 4. The quantitative estimate of drug-likeness (QED) is 0.444. The van der Waals surface area contributed by atoms with Gasteiger partial charge in [0.25, 0.3) is 5.91 Å². The Balaban J connectivity index is 2.77. The Kier molecular flexibility index (Phi) is 3.49. The van der Waals surface area contributed by atoms with Crippen LogP contribution in [0, 0.1) is 0 Å². The second-order valence-corrected chi connectivity index (χ2v) is 2.86. The van der Waals surface area contributed by atoms with Gasteiger partial charge in [-0.05, 0) is 18.2 Å². The Bertz CT molecular complexity index is 442. The normalized spacial score (nSPS) is 9.25. The third kappa shape index (κ3) is 2.74. The van der Waals surface area contributed by atoms with E-state index in [4.69, 9.17) is 5.11 Å². The van der Waals surface area contributed by atoms with Crippen LogP contribution < -0.4 is 10.9 Å². The third-order valence-electron chi connectivity index (χ3n) is 1.74. The van der Waals surface area contributed by atoms with E-state index in [1.54, 1.807) is 0 Å². The summed E-state index contributed by atoms with van der Waals surface area (Å²) in [5.74, 6) is -2.05. The number of carboxylic acids is 1. The average molecular weight is 222 g/mol. The van der Waals surface area contributed by atoms with Gasteiger partial charge in [0, 0.05) is 6.07 Å². The van der Waals surface area contributed by atoms with E-state index in [-0.39, 0.29) is 11.3 Å². The number of carbonyl (C=O) groups excluding carboxylic acids is 1. The molecule has 84 valence electrons. The smallest absolute Gasteiger partial charge is 0.339 e. The highest BCUT2D eigenvalue weighted by Crippen LogP contribution is 2.21. The number of nitrogens with one attached hydrogen (secondary N) is 2. The molecule has 0 radical (unpaired) electrons. The summed E-state index contributed by atoms with van der Waals surface area (Å²) in [4.78, 5) is 21.4. The van der Waals surface area contributed by atoms with E-state index in [1.165, 1.54) is 18.2 Å². The van der Waals surface area contributed by atoms with Gasteiger partial charge in [-0.1, -0.05) is 6.58 Å². The number of anilines is 1. The Morgan fingerprint density at radius 2 is 2.06 bits per heavy atom. The van der Waals surface area contributed by atoms with Crippen molar-refractivity contribution >= 4 is 17.6 Å². The predicted molar refractivity (Wildman–Crippen MR) is 57.0 cm³/mol. The van der Waals surface area contributed by atoms with Crippen molar-refractivity contribution in [2.45, 2.75) is 0 Å². The van der Waals surface area contributed by atoms with E-state index < -0.39 is 11.9 Å². The van der Waals surface area contributed by atoms with Crippen LogP contribution in [0.1, 0.15) is 10.4 Å². The molecule has 0 atom stereocenters.